The molecule has 1 atom stereocenters. The molecule has 2 aromatic heterocycles. The lowest BCUT2D eigenvalue weighted by Gasteiger charge is -2.23. The molecule has 1 unspecified atom stereocenters. The molecule has 0 bridgehead atoms. The van der Waals surface area contributed by atoms with Gasteiger partial charge in [0.05, 0.1) is 0 Å². The zero-order valence-corrected chi connectivity index (χ0v) is 15.1. The van der Waals surface area contributed by atoms with Crippen molar-refractivity contribution in [2.24, 2.45) is 0 Å². The van der Waals surface area contributed by atoms with Gasteiger partial charge >= 0.3 is 0 Å². The maximum atomic E-state index is 13.2. The van der Waals surface area contributed by atoms with Gasteiger partial charge in [0.2, 0.25) is 10.0 Å². The summed E-state index contributed by atoms with van der Waals surface area (Å²) in [6, 6.07) is 8.06. The lowest BCUT2D eigenvalue weighted by Crippen LogP contribution is -2.37. The fraction of sp³-hybridized carbons (Fsp3) is 0.389. The number of nitrogens with one attached hydrogen (secondary N) is 1. The summed E-state index contributed by atoms with van der Waals surface area (Å²) in [6.45, 7) is 3.87. The van der Waals surface area contributed by atoms with Crippen LogP contribution in [0.2, 0.25) is 0 Å². The Balaban J connectivity index is 1.67. The summed E-state index contributed by atoms with van der Waals surface area (Å²) in [5, 5.41) is 4.97. The molecule has 0 radical (unpaired) electrons. The molecule has 3 aromatic rings. The van der Waals surface area contributed by atoms with Crippen molar-refractivity contribution in [3.8, 4) is 0 Å². The first-order chi connectivity index (χ1) is 12.0. The number of nitrogens with zero attached hydrogens (tertiary/aromatic N) is 2. The molecule has 1 saturated heterocycles. The van der Waals surface area contributed by atoms with Crippen molar-refractivity contribution in [3.63, 3.8) is 0 Å². The monoisotopic (exact) mass is 359 g/mol. The molecule has 4 rings (SSSR count). The van der Waals surface area contributed by atoms with E-state index in [0.717, 1.165) is 29.3 Å². The van der Waals surface area contributed by atoms with E-state index in [2.05, 4.69) is 16.2 Å². The number of sulfonamides is 1. The summed E-state index contributed by atoms with van der Waals surface area (Å²) in [6.07, 6.45) is 4.42. The van der Waals surface area contributed by atoms with E-state index in [9.17, 15) is 8.42 Å². The standard InChI is InChI=1S/C18H21N3O3S/c1-12-18(13(2)24-20-12)25(22,23)21-9-5-6-15(21)10-14-11-19-17-8-4-3-7-16(14)17/h3-4,7-8,11,15,19H,5-6,9-10H2,1-2H3. The summed E-state index contributed by atoms with van der Waals surface area (Å²) in [5.41, 5.74) is 2.66. The van der Waals surface area contributed by atoms with Gasteiger partial charge in [-0.15, -0.1) is 0 Å². The summed E-state index contributed by atoms with van der Waals surface area (Å²) in [7, 11) is -3.60. The fourth-order valence-electron chi connectivity index (χ4n) is 3.84. The maximum absolute atomic E-state index is 13.2. The van der Waals surface area contributed by atoms with Crippen molar-refractivity contribution < 1.29 is 12.9 Å². The Morgan fingerprint density at radius 1 is 1.32 bits per heavy atom. The third-order valence-corrected chi connectivity index (χ3v) is 7.19. The Morgan fingerprint density at radius 2 is 2.12 bits per heavy atom. The van der Waals surface area contributed by atoms with E-state index in [4.69, 9.17) is 4.52 Å². The minimum absolute atomic E-state index is 0.0436. The van der Waals surface area contributed by atoms with Gasteiger partial charge in [-0.25, -0.2) is 8.42 Å². The Morgan fingerprint density at radius 3 is 2.88 bits per heavy atom. The number of para-hydroxylation sites is 1. The number of aromatic nitrogens is 2. The van der Waals surface area contributed by atoms with Crippen LogP contribution in [0.1, 0.15) is 29.9 Å². The van der Waals surface area contributed by atoms with Crippen LogP contribution in [-0.2, 0) is 16.4 Å². The first-order valence-corrected chi connectivity index (χ1v) is 9.92. The topological polar surface area (TPSA) is 79.2 Å². The van der Waals surface area contributed by atoms with Gasteiger partial charge in [0.15, 0.2) is 5.76 Å². The quantitative estimate of drug-likeness (QED) is 0.776. The number of benzene rings is 1. The highest BCUT2D eigenvalue weighted by atomic mass is 32.2. The zero-order valence-electron chi connectivity index (χ0n) is 14.3. The summed E-state index contributed by atoms with van der Waals surface area (Å²) < 4.78 is 33.0. The molecule has 25 heavy (non-hydrogen) atoms. The lowest BCUT2D eigenvalue weighted by atomic mass is 10.0. The molecular formula is C18H21N3O3S. The van der Waals surface area contributed by atoms with Crippen LogP contribution in [0.4, 0.5) is 0 Å². The van der Waals surface area contributed by atoms with Crippen LogP contribution in [0.3, 0.4) is 0 Å². The molecule has 0 aliphatic carbocycles. The molecular weight excluding hydrogens is 338 g/mol. The Kier molecular flexibility index (Phi) is 3.92. The average Bonchev–Trinajstić information content (AvgIpc) is 3.28. The average molecular weight is 359 g/mol. The van der Waals surface area contributed by atoms with E-state index in [1.165, 1.54) is 0 Å². The molecule has 1 N–H and O–H groups in total. The molecule has 0 amide bonds. The van der Waals surface area contributed by atoms with Gasteiger partial charge in [-0.1, -0.05) is 23.4 Å². The Bertz CT molecular complexity index is 1000. The second kappa shape index (κ2) is 6.00. The van der Waals surface area contributed by atoms with Gasteiger partial charge in [0, 0.05) is 29.7 Å². The number of hydrogen-bond acceptors (Lipinski definition) is 4. The largest absolute Gasteiger partial charge is 0.361 e. The highest BCUT2D eigenvalue weighted by Gasteiger charge is 2.38. The third kappa shape index (κ3) is 2.67. The van der Waals surface area contributed by atoms with Crippen LogP contribution in [0.15, 0.2) is 39.9 Å². The number of aryl methyl sites for hydroxylation is 2. The van der Waals surface area contributed by atoms with Crippen molar-refractivity contribution in [3.05, 3.63) is 47.5 Å². The number of aromatic amines is 1. The Hall–Kier alpha value is -2.12. The lowest BCUT2D eigenvalue weighted by molar-refractivity contribution is 0.379. The highest BCUT2D eigenvalue weighted by molar-refractivity contribution is 7.89. The van der Waals surface area contributed by atoms with Gasteiger partial charge < -0.3 is 9.51 Å². The molecule has 0 saturated carbocycles. The SMILES string of the molecule is Cc1noc(C)c1S(=O)(=O)N1CCCC1Cc1c[nH]c2ccccc12. The van der Waals surface area contributed by atoms with Gasteiger partial charge in [-0.3, -0.25) is 0 Å². The van der Waals surface area contributed by atoms with Crippen LogP contribution in [0.25, 0.3) is 10.9 Å². The Labute approximate surface area is 146 Å². The van der Waals surface area contributed by atoms with Crippen LogP contribution >= 0.6 is 0 Å². The molecule has 3 heterocycles. The van der Waals surface area contributed by atoms with Crippen molar-refractivity contribution in [2.45, 2.75) is 44.0 Å². The fourth-order valence-corrected chi connectivity index (χ4v) is 5.83. The number of rotatable bonds is 4. The van der Waals surface area contributed by atoms with Gasteiger partial charge in [0.25, 0.3) is 0 Å². The molecule has 6 nitrogen and oxygen atoms in total. The van der Waals surface area contributed by atoms with Crippen LogP contribution in [-0.4, -0.2) is 35.5 Å². The van der Waals surface area contributed by atoms with E-state index in [0.29, 0.717) is 24.4 Å². The van der Waals surface area contributed by atoms with E-state index in [1.54, 1.807) is 18.2 Å². The van der Waals surface area contributed by atoms with Gasteiger partial charge in [-0.05, 0) is 44.7 Å². The molecule has 1 aliphatic heterocycles. The van der Waals surface area contributed by atoms with Gasteiger partial charge in [-0.2, -0.15) is 4.31 Å². The predicted octanol–water partition coefficient (Wildman–Crippen LogP) is 3.17. The summed E-state index contributed by atoms with van der Waals surface area (Å²) >= 11 is 0. The summed E-state index contributed by atoms with van der Waals surface area (Å²) in [5.74, 6) is 0.357. The second-order valence-electron chi connectivity index (χ2n) is 6.63. The second-order valence-corrected chi connectivity index (χ2v) is 8.46. The number of fused-ring (bicyclic) bond motifs is 1. The smallest absolute Gasteiger partial charge is 0.248 e. The minimum atomic E-state index is -3.60. The van der Waals surface area contributed by atoms with E-state index in [-0.39, 0.29) is 10.9 Å². The van der Waals surface area contributed by atoms with Crippen LogP contribution in [0, 0.1) is 13.8 Å². The number of hydrogen-bond donors (Lipinski definition) is 1. The van der Waals surface area contributed by atoms with Gasteiger partial charge in [0.1, 0.15) is 10.6 Å². The van der Waals surface area contributed by atoms with Crippen LogP contribution < -0.4 is 0 Å². The van der Waals surface area contributed by atoms with E-state index < -0.39 is 10.0 Å². The first kappa shape index (κ1) is 16.4. The zero-order chi connectivity index (χ0) is 17.6. The third-order valence-electron chi connectivity index (χ3n) is 4.99. The van der Waals surface area contributed by atoms with E-state index >= 15 is 0 Å². The molecule has 1 aliphatic rings. The maximum Gasteiger partial charge on any atom is 0.248 e. The molecule has 1 aromatic carbocycles. The van der Waals surface area contributed by atoms with Crippen molar-refractivity contribution >= 4 is 20.9 Å². The predicted molar refractivity (Wildman–Crippen MR) is 94.9 cm³/mol. The van der Waals surface area contributed by atoms with Crippen molar-refractivity contribution in [1.82, 2.24) is 14.4 Å². The van der Waals surface area contributed by atoms with Crippen molar-refractivity contribution in [1.29, 1.82) is 0 Å². The molecule has 1 fully saturated rings. The van der Waals surface area contributed by atoms with Crippen LogP contribution in [0.5, 0.6) is 0 Å². The minimum Gasteiger partial charge on any atom is -0.361 e. The normalized spacial score (nSPS) is 19.0. The van der Waals surface area contributed by atoms with Crippen molar-refractivity contribution in [2.75, 3.05) is 6.54 Å². The summed E-state index contributed by atoms with van der Waals surface area (Å²) in [4.78, 5) is 3.49. The first-order valence-electron chi connectivity index (χ1n) is 8.48. The van der Waals surface area contributed by atoms with E-state index in [1.807, 2.05) is 24.4 Å². The highest BCUT2D eigenvalue weighted by Crippen LogP contribution is 2.32. The molecule has 132 valence electrons. The number of H-pyrrole nitrogens is 1. The molecule has 7 heteroatoms. The molecule has 0 spiro atoms.